The molecule has 0 aromatic heterocycles. The van der Waals surface area contributed by atoms with Gasteiger partial charge in [0.2, 0.25) is 0 Å². The highest BCUT2D eigenvalue weighted by atomic mass is 16.6. The van der Waals surface area contributed by atoms with Crippen LogP contribution in [0.15, 0.2) is 41.5 Å². The van der Waals surface area contributed by atoms with Crippen molar-refractivity contribution < 1.29 is 57.9 Å². The number of fused-ring (bicyclic) bond motifs is 5. The van der Waals surface area contributed by atoms with E-state index in [-0.39, 0.29) is 30.6 Å². The van der Waals surface area contributed by atoms with Gasteiger partial charge in [-0.1, -0.05) is 32.0 Å². The highest BCUT2D eigenvalue weighted by Gasteiger charge is 2.78. The van der Waals surface area contributed by atoms with Crippen molar-refractivity contribution in [3.63, 3.8) is 0 Å². The van der Waals surface area contributed by atoms with Crippen molar-refractivity contribution in [1.29, 1.82) is 0 Å². The maximum atomic E-state index is 14.8. The fourth-order valence-electron chi connectivity index (χ4n) is 8.32. The molecule has 5 rings (SSSR count). The number of ketones is 1. The monoisotopic (exact) mass is 628 g/mol. The van der Waals surface area contributed by atoms with E-state index in [4.69, 9.17) is 23.7 Å². The maximum absolute atomic E-state index is 14.8. The minimum Gasteiger partial charge on any atom is -0.461 e. The lowest BCUT2D eigenvalue weighted by atomic mass is 9.44. The second kappa shape index (κ2) is 11.0. The van der Waals surface area contributed by atoms with Crippen molar-refractivity contribution in [3.05, 3.63) is 47.0 Å². The molecular formula is C33H40O12. The van der Waals surface area contributed by atoms with Crippen LogP contribution in [0.2, 0.25) is 0 Å². The first-order valence-corrected chi connectivity index (χ1v) is 15.0. The molecule has 0 unspecified atom stereocenters. The molecule has 9 atom stereocenters. The van der Waals surface area contributed by atoms with Gasteiger partial charge in [0.1, 0.15) is 36.1 Å². The molecule has 12 nitrogen and oxygen atoms in total. The van der Waals surface area contributed by atoms with Crippen LogP contribution in [0, 0.1) is 16.7 Å². The minimum absolute atomic E-state index is 0.0758. The normalized spacial score (nSPS) is 38.3. The van der Waals surface area contributed by atoms with Crippen molar-refractivity contribution in [1.82, 2.24) is 0 Å². The van der Waals surface area contributed by atoms with Gasteiger partial charge < -0.3 is 33.9 Å². The molecule has 0 radical (unpaired) electrons. The summed E-state index contributed by atoms with van der Waals surface area (Å²) in [5, 5.41) is 25.0. The SMILES string of the molecule is CC(=O)O[C@H]1C[C@@]2(O)[C@@H](OC(=O)c3ccccc3)[C@@H]3[C@]4(OC(C)=O)CO[C@@H]4C[C@H](OC(C)=O)[C@@]3(C)C(=O)[C@H](O)C(=C1C)C2(C)C. The van der Waals surface area contributed by atoms with Crippen LogP contribution >= 0.6 is 0 Å². The number of ether oxygens (including phenoxy) is 5. The molecule has 45 heavy (non-hydrogen) atoms. The molecule has 12 heteroatoms. The Labute approximate surface area is 261 Å². The van der Waals surface area contributed by atoms with Crippen LogP contribution in [0.3, 0.4) is 0 Å². The topological polar surface area (TPSA) is 172 Å². The van der Waals surface area contributed by atoms with Crippen LogP contribution in [0.5, 0.6) is 0 Å². The molecule has 1 aromatic carbocycles. The second-order valence-corrected chi connectivity index (χ2v) is 13.3. The second-order valence-electron chi connectivity index (χ2n) is 13.3. The Morgan fingerprint density at radius 3 is 2.09 bits per heavy atom. The third kappa shape index (κ3) is 4.80. The lowest BCUT2D eigenvalue weighted by Gasteiger charge is -2.67. The van der Waals surface area contributed by atoms with Crippen LogP contribution < -0.4 is 0 Å². The number of benzene rings is 1. The summed E-state index contributed by atoms with van der Waals surface area (Å²) in [6.45, 7) is 9.62. The smallest absolute Gasteiger partial charge is 0.338 e. The molecule has 0 spiro atoms. The number of hydrogen-bond donors (Lipinski definition) is 2. The van der Waals surface area contributed by atoms with Crippen LogP contribution in [0.25, 0.3) is 0 Å². The van der Waals surface area contributed by atoms with Gasteiger partial charge in [-0.2, -0.15) is 0 Å². The molecular weight excluding hydrogens is 588 g/mol. The fraction of sp³-hybridized carbons (Fsp3) is 0.606. The molecule has 3 fully saturated rings. The van der Waals surface area contributed by atoms with Gasteiger partial charge in [0, 0.05) is 39.0 Å². The fourth-order valence-corrected chi connectivity index (χ4v) is 8.32. The first-order valence-electron chi connectivity index (χ1n) is 15.0. The van der Waals surface area contributed by atoms with E-state index in [0.29, 0.717) is 5.57 Å². The van der Waals surface area contributed by atoms with E-state index < -0.39 is 88.1 Å². The summed E-state index contributed by atoms with van der Waals surface area (Å²) in [7, 11) is 0. The summed E-state index contributed by atoms with van der Waals surface area (Å²) in [4.78, 5) is 66.0. The van der Waals surface area contributed by atoms with Crippen molar-refractivity contribution in [2.45, 2.75) is 103 Å². The standard InChI is InChI=1S/C33H40O12/c1-16-21(42-17(2)34)14-33(40)28(44-29(39)20-11-9-8-10-12-20)26-31(7,27(38)25(37)24(16)30(33,5)6)22(43-18(3)35)13-23-32(26,15-41-23)45-19(4)36/h8-12,21-23,25-26,28,37,40H,13-15H2,1-7H3/t21-,22-,23+,25+,26-,28-,31+,32-,33+/m0/s1. The Morgan fingerprint density at radius 2 is 1.56 bits per heavy atom. The molecule has 1 aliphatic heterocycles. The molecule has 1 saturated heterocycles. The third-order valence-electron chi connectivity index (χ3n) is 10.5. The Balaban J connectivity index is 1.85. The zero-order chi connectivity index (χ0) is 33.3. The zero-order valence-corrected chi connectivity index (χ0v) is 26.4. The Hall–Kier alpha value is -3.61. The molecule has 2 N–H and O–H groups in total. The summed E-state index contributed by atoms with van der Waals surface area (Å²) in [6.07, 6.45) is -7.14. The van der Waals surface area contributed by atoms with Gasteiger partial charge in [0.15, 0.2) is 11.4 Å². The van der Waals surface area contributed by atoms with Gasteiger partial charge in [-0.05, 0) is 37.1 Å². The first-order chi connectivity index (χ1) is 20.9. The number of aliphatic hydroxyl groups excluding tert-OH is 1. The number of aliphatic hydroxyl groups is 2. The summed E-state index contributed by atoms with van der Waals surface area (Å²) in [5.74, 6) is -5.15. The molecule has 0 amide bonds. The van der Waals surface area contributed by atoms with Crippen molar-refractivity contribution in [3.8, 4) is 0 Å². The molecule has 2 bridgehead atoms. The van der Waals surface area contributed by atoms with Crippen molar-refractivity contribution in [2.75, 3.05) is 6.61 Å². The van der Waals surface area contributed by atoms with Crippen molar-refractivity contribution in [2.24, 2.45) is 16.7 Å². The average Bonchev–Trinajstić information content (AvgIpc) is 2.94. The van der Waals surface area contributed by atoms with E-state index in [1.54, 1.807) is 39.0 Å². The quantitative estimate of drug-likeness (QED) is 0.277. The van der Waals surface area contributed by atoms with Gasteiger partial charge >= 0.3 is 23.9 Å². The highest BCUT2D eigenvalue weighted by molar-refractivity contribution is 5.94. The van der Waals surface area contributed by atoms with Gasteiger partial charge in [-0.3, -0.25) is 19.2 Å². The Bertz CT molecular complexity index is 1460. The Kier molecular flexibility index (Phi) is 8.03. The third-order valence-corrected chi connectivity index (χ3v) is 10.5. The van der Waals surface area contributed by atoms with E-state index >= 15 is 0 Å². The summed E-state index contributed by atoms with van der Waals surface area (Å²) >= 11 is 0. The van der Waals surface area contributed by atoms with Crippen LogP contribution in [0.1, 0.15) is 71.7 Å². The average molecular weight is 629 g/mol. The number of Topliss-reactive ketones (excluding diaryl/α,β-unsaturated/α-hetero) is 1. The number of carbonyl (C=O) groups excluding carboxylic acids is 5. The van der Waals surface area contributed by atoms with Gasteiger partial charge in [-0.15, -0.1) is 0 Å². The number of esters is 4. The maximum Gasteiger partial charge on any atom is 0.338 e. The number of carbonyl (C=O) groups is 5. The first kappa shape index (κ1) is 32.8. The van der Waals surface area contributed by atoms with Gasteiger partial charge in [0.05, 0.1) is 23.5 Å². The lowest BCUT2D eigenvalue weighted by Crippen LogP contribution is -2.82. The van der Waals surface area contributed by atoms with Crippen LogP contribution in [-0.2, 0) is 42.9 Å². The number of rotatable bonds is 5. The molecule has 4 aliphatic rings. The number of hydrogen-bond acceptors (Lipinski definition) is 12. The summed E-state index contributed by atoms with van der Waals surface area (Å²) < 4.78 is 29.5. The zero-order valence-electron chi connectivity index (χ0n) is 26.4. The van der Waals surface area contributed by atoms with E-state index in [1.165, 1.54) is 39.8 Å². The Morgan fingerprint density at radius 1 is 0.933 bits per heavy atom. The van der Waals surface area contributed by atoms with Crippen molar-refractivity contribution >= 4 is 29.7 Å². The molecule has 2 saturated carbocycles. The van der Waals surface area contributed by atoms with E-state index in [0.717, 1.165) is 0 Å². The molecule has 1 heterocycles. The lowest BCUT2D eigenvalue weighted by molar-refractivity contribution is -0.346. The molecule has 1 aromatic rings. The van der Waals surface area contributed by atoms with E-state index in [1.807, 2.05) is 0 Å². The predicted molar refractivity (Wildman–Crippen MR) is 154 cm³/mol. The van der Waals surface area contributed by atoms with Crippen LogP contribution in [-0.4, -0.2) is 88.2 Å². The molecule has 244 valence electrons. The van der Waals surface area contributed by atoms with E-state index in [2.05, 4.69) is 0 Å². The van der Waals surface area contributed by atoms with E-state index in [9.17, 15) is 34.2 Å². The van der Waals surface area contributed by atoms with Crippen LogP contribution in [0.4, 0.5) is 0 Å². The summed E-state index contributed by atoms with van der Waals surface area (Å²) in [6, 6.07) is 8.01. The highest BCUT2D eigenvalue weighted by Crippen LogP contribution is 2.64. The largest absolute Gasteiger partial charge is 0.461 e. The summed E-state index contributed by atoms with van der Waals surface area (Å²) in [5.41, 5.74) is -6.55. The van der Waals surface area contributed by atoms with Gasteiger partial charge in [-0.25, -0.2) is 4.79 Å². The molecule has 3 aliphatic carbocycles. The minimum atomic E-state index is -2.15. The predicted octanol–water partition coefficient (Wildman–Crippen LogP) is 2.22. The van der Waals surface area contributed by atoms with Gasteiger partial charge in [0.25, 0.3) is 0 Å².